The largest absolute Gasteiger partial charge is 0.323 e. The lowest BCUT2D eigenvalue weighted by Crippen LogP contribution is -2.09. The van der Waals surface area contributed by atoms with Crippen LogP contribution in [-0.2, 0) is 0 Å². The first-order chi connectivity index (χ1) is 11.7. The van der Waals surface area contributed by atoms with E-state index in [9.17, 15) is 0 Å². The molecule has 0 saturated heterocycles. The summed E-state index contributed by atoms with van der Waals surface area (Å²) in [5.41, 5.74) is 1.35. The molecule has 132 valence electrons. The molecule has 1 aromatic carbocycles. The zero-order valence-corrected chi connectivity index (χ0v) is 18.2. The lowest BCUT2D eigenvalue weighted by molar-refractivity contribution is 0.625. The van der Waals surface area contributed by atoms with Gasteiger partial charge < -0.3 is 4.57 Å². The molecule has 0 aliphatic carbocycles. The van der Waals surface area contributed by atoms with E-state index in [1.165, 1.54) is 49.8 Å². The molecule has 0 fully saturated rings. The number of unbranched alkanes of at least 4 members (excludes halogenated alkanes) is 5. The quantitative estimate of drug-likeness (QED) is 0.250. The molecule has 1 heterocycles. The molecular weight excluding hydrogens is 448 g/mol. The third kappa shape index (κ3) is 6.57. The van der Waals surface area contributed by atoms with Gasteiger partial charge in [-0.2, -0.15) is 11.8 Å². The van der Waals surface area contributed by atoms with E-state index in [-0.39, 0.29) is 4.95 Å². The number of hydrogen-bond acceptors (Lipinski definition) is 2. The minimum atomic E-state index is 0.214. The fraction of sp³-hybridized carbons (Fsp3) is 0.526. The van der Waals surface area contributed by atoms with E-state index in [0.29, 0.717) is 5.25 Å². The zero-order valence-electron chi connectivity index (χ0n) is 14.2. The monoisotopic (exact) mass is 472 g/mol. The first-order valence-corrected chi connectivity index (χ1v) is 11.5. The summed E-state index contributed by atoms with van der Waals surface area (Å²) in [5, 5.41) is 0.378. The van der Waals surface area contributed by atoms with Gasteiger partial charge in [0.05, 0.1) is 11.6 Å². The van der Waals surface area contributed by atoms with E-state index in [1.807, 2.05) is 30.5 Å². The van der Waals surface area contributed by atoms with Gasteiger partial charge in [0.2, 0.25) is 0 Å². The topological polar surface area (TPSA) is 17.8 Å². The van der Waals surface area contributed by atoms with Crippen LogP contribution in [-0.4, -0.2) is 15.3 Å². The van der Waals surface area contributed by atoms with Crippen LogP contribution in [0, 0.1) is 0 Å². The maximum Gasteiger partial charge on any atom is 0.106 e. The number of hydrogen-bond donors (Lipinski definition) is 0. The van der Waals surface area contributed by atoms with Crippen LogP contribution in [0.5, 0.6) is 0 Å². The Labute approximate surface area is 167 Å². The number of halogens is 2. The molecule has 2 atom stereocenters. The summed E-state index contributed by atoms with van der Waals surface area (Å²) in [4.78, 5) is 4.40. The maximum atomic E-state index is 4.19. The van der Waals surface area contributed by atoms with Gasteiger partial charge in [-0.3, -0.25) is 0 Å². The summed E-state index contributed by atoms with van der Waals surface area (Å²) in [6.45, 7) is 2.27. The van der Waals surface area contributed by atoms with Crippen LogP contribution in [0.15, 0.2) is 47.5 Å². The van der Waals surface area contributed by atoms with Crippen molar-refractivity contribution in [2.45, 2.75) is 55.6 Å². The number of imidazole rings is 1. The lowest BCUT2D eigenvalue weighted by atomic mass is 10.1. The Hall–Kier alpha value is -0.260. The molecule has 0 bridgehead atoms. The van der Waals surface area contributed by atoms with Gasteiger partial charge in [0.15, 0.2) is 0 Å². The SMILES string of the molecule is CCCCCCCCSC(c1ccc(Br)cc1)C(Br)n1ccnc1. The second kappa shape index (κ2) is 11.4. The molecular formula is C19H26Br2N2S. The van der Waals surface area contributed by atoms with Gasteiger partial charge >= 0.3 is 0 Å². The van der Waals surface area contributed by atoms with E-state index in [2.05, 4.69) is 72.6 Å². The Morgan fingerprint density at radius 2 is 1.79 bits per heavy atom. The summed E-state index contributed by atoms with van der Waals surface area (Å²) in [6, 6.07) is 8.69. The number of thioether (sulfide) groups is 1. The highest BCUT2D eigenvalue weighted by atomic mass is 79.9. The number of aromatic nitrogens is 2. The van der Waals surface area contributed by atoms with Gasteiger partial charge in [0.1, 0.15) is 4.95 Å². The summed E-state index contributed by atoms with van der Waals surface area (Å²) >= 11 is 9.45. The van der Waals surface area contributed by atoms with Crippen LogP contribution < -0.4 is 0 Å². The maximum absolute atomic E-state index is 4.19. The van der Waals surface area contributed by atoms with E-state index in [4.69, 9.17) is 0 Å². The van der Waals surface area contributed by atoms with Crippen molar-refractivity contribution >= 4 is 43.6 Å². The van der Waals surface area contributed by atoms with Crippen LogP contribution in [0.4, 0.5) is 0 Å². The van der Waals surface area contributed by atoms with Crippen molar-refractivity contribution < 1.29 is 0 Å². The van der Waals surface area contributed by atoms with Gasteiger partial charge in [-0.1, -0.05) is 83.0 Å². The minimum absolute atomic E-state index is 0.214. The van der Waals surface area contributed by atoms with Crippen molar-refractivity contribution in [2.24, 2.45) is 0 Å². The van der Waals surface area contributed by atoms with Crippen molar-refractivity contribution in [3.8, 4) is 0 Å². The molecule has 0 amide bonds. The fourth-order valence-electron chi connectivity index (χ4n) is 2.65. The predicted molar refractivity (Wildman–Crippen MR) is 113 cm³/mol. The number of alkyl halides is 1. The third-order valence-corrected chi connectivity index (χ3v) is 7.35. The van der Waals surface area contributed by atoms with Crippen molar-refractivity contribution in [3.63, 3.8) is 0 Å². The van der Waals surface area contributed by atoms with Crippen LogP contribution in [0.3, 0.4) is 0 Å². The van der Waals surface area contributed by atoms with E-state index >= 15 is 0 Å². The fourth-order valence-corrected chi connectivity index (χ4v) is 5.19. The second-order valence-corrected chi connectivity index (χ2v) is 9.10. The van der Waals surface area contributed by atoms with E-state index in [1.54, 1.807) is 0 Å². The smallest absolute Gasteiger partial charge is 0.106 e. The summed E-state index contributed by atoms with van der Waals surface area (Å²) < 4.78 is 3.26. The van der Waals surface area contributed by atoms with Crippen LogP contribution in [0.1, 0.15) is 61.2 Å². The standard InChI is InChI=1S/C19H26Br2N2S/c1-2-3-4-5-6-7-14-24-18(16-8-10-17(20)11-9-16)19(21)23-13-12-22-15-23/h8-13,15,18-19H,2-7,14H2,1H3. The molecule has 2 nitrogen and oxygen atoms in total. The highest BCUT2D eigenvalue weighted by Crippen LogP contribution is 2.43. The Morgan fingerprint density at radius 3 is 2.46 bits per heavy atom. The predicted octanol–water partition coefficient (Wildman–Crippen LogP) is 7.37. The van der Waals surface area contributed by atoms with Gasteiger partial charge in [-0.25, -0.2) is 4.98 Å². The van der Waals surface area contributed by atoms with Gasteiger partial charge in [0, 0.05) is 16.9 Å². The summed E-state index contributed by atoms with van der Waals surface area (Å²) in [7, 11) is 0. The number of benzene rings is 1. The normalized spacial score (nSPS) is 13.8. The molecule has 2 rings (SSSR count). The van der Waals surface area contributed by atoms with Crippen LogP contribution >= 0.6 is 43.6 Å². The molecule has 0 spiro atoms. The molecule has 5 heteroatoms. The van der Waals surface area contributed by atoms with E-state index in [0.717, 1.165) is 4.47 Å². The van der Waals surface area contributed by atoms with Crippen LogP contribution in [0.2, 0.25) is 0 Å². The van der Waals surface area contributed by atoms with Crippen molar-refractivity contribution in [1.82, 2.24) is 9.55 Å². The minimum Gasteiger partial charge on any atom is -0.323 e. The lowest BCUT2D eigenvalue weighted by Gasteiger charge is -2.24. The molecule has 0 aliphatic rings. The second-order valence-electron chi connectivity index (χ2n) is 5.99. The zero-order chi connectivity index (χ0) is 17.2. The Bertz CT molecular complexity index is 557. The summed E-state index contributed by atoms with van der Waals surface area (Å²) in [5.74, 6) is 1.20. The van der Waals surface area contributed by atoms with Crippen molar-refractivity contribution in [1.29, 1.82) is 0 Å². The molecule has 0 aliphatic heterocycles. The average molecular weight is 474 g/mol. The Morgan fingerprint density at radius 1 is 1.08 bits per heavy atom. The van der Waals surface area contributed by atoms with E-state index < -0.39 is 0 Å². The van der Waals surface area contributed by atoms with Gasteiger partial charge in [-0.05, 0) is 29.9 Å². The third-order valence-electron chi connectivity index (χ3n) is 4.05. The highest BCUT2D eigenvalue weighted by Gasteiger charge is 2.22. The van der Waals surface area contributed by atoms with Gasteiger partial charge in [0.25, 0.3) is 0 Å². The Kier molecular flexibility index (Phi) is 9.51. The first-order valence-electron chi connectivity index (χ1n) is 8.71. The van der Waals surface area contributed by atoms with Crippen LogP contribution in [0.25, 0.3) is 0 Å². The highest BCUT2D eigenvalue weighted by molar-refractivity contribution is 9.10. The summed E-state index contributed by atoms with van der Waals surface area (Å²) in [6.07, 6.45) is 13.8. The molecule has 2 unspecified atom stereocenters. The molecule has 24 heavy (non-hydrogen) atoms. The Balaban J connectivity index is 1.92. The van der Waals surface area contributed by atoms with Gasteiger partial charge in [-0.15, -0.1) is 0 Å². The number of rotatable bonds is 11. The molecule has 1 aromatic heterocycles. The first kappa shape index (κ1) is 20.1. The van der Waals surface area contributed by atoms with Crippen molar-refractivity contribution in [3.05, 3.63) is 53.0 Å². The number of nitrogens with zero attached hydrogens (tertiary/aromatic N) is 2. The molecule has 0 N–H and O–H groups in total. The molecule has 2 aromatic rings. The van der Waals surface area contributed by atoms with Crippen molar-refractivity contribution in [2.75, 3.05) is 5.75 Å². The molecule has 0 saturated carbocycles. The average Bonchev–Trinajstić information content (AvgIpc) is 3.13. The molecule has 0 radical (unpaired) electrons.